The average molecular weight is 218 g/mol. The number of carbonyl (C=O) groups excluding carboxylic acids is 1. The van der Waals surface area contributed by atoms with Crippen molar-refractivity contribution in [3.8, 4) is 0 Å². The molecular weight excluding hydrogens is 204 g/mol. The van der Waals surface area contributed by atoms with E-state index in [1.807, 2.05) is 30.1 Å². The van der Waals surface area contributed by atoms with Gasteiger partial charge in [-0.1, -0.05) is 18.2 Å². The zero-order valence-electron chi connectivity index (χ0n) is 9.22. The van der Waals surface area contributed by atoms with Crippen LogP contribution >= 0.6 is 0 Å². The van der Waals surface area contributed by atoms with Crippen LogP contribution in [-0.4, -0.2) is 37.2 Å². The molecule has 1 atom stereocenters. The number of epoxide rings is 1. The third-order valence-corrected chi connectivity index (χ3v) is 3.04. The standard InChI is InChI=1S/C12H14N2O2/c1-13-6-9-4-2-3-5-11(9)14(12(13)15)7-10-8-16-10/h2-5,10H,6-8H2,1H3. The molecule has 0 spiro atoms. The van der Waals surface area contributed by atoms with Crippen molar-refractivity contribution in [1.82, 2.24) is 4.90 Å². The Labute approximate surface area is 94.4 Å². The van der Waals surface area contributed by atoms with Gasteiger partial charge in [0.2, 0.25) is 0 Å². The molecule has 2 heterocycles. The zero-order valence-corrected chi connectivity index (χ0v) is 9.22. The Kier molecular flexibility index (Phi) is 2.11. The number of carbonyl (C=O) groups is 1. The molecule has 16 heavy (non-hydrogen) atoms. The van der Waals surface area contributed by atoms with Gasteiger partial charge < -0.3 is 9.64 Å². The lowest BCUT2D eigenvalue weighted by atomic mass is 10.1. The first-order valence-electron chi connectivity index (χ1n) is 5.48. The number of rotatable bonds is 2. The van der Waals surface area contributed by atoms with Crippen molar-refractivity contribution < 1.29 is 9.53 Å². The van der Waals surface area contributed by atoms with Gasteiger partial charge in [0.15, 0.2) is 0 Å². The summed E-state index contributed by atoms with van der Waals surface area (Å²) in [7, 11) is 1.83. The maximum absolute atomic E-state index is 12.0. The summed E-state index contributed by atoms with van der Waals surface area (Å²) in [6.45, 7) is 2.13. The van der Waals surface area contributed by atoms with Crippen LogP contribution in [0.2, 0.25) is 0 Å². The number of benzene rings is 1. The van der Waals surface area contributed by atoms with Crippen molar-refractivity contribution in [2.75, 3.05) is 25.1 Å². The predicted octanol–water partition coefficient (Wildman–Crippen LogP) is 1.46. The van der Waals surface area contributed by atoms with Gasteiger partial charge in [-0.05, 0) is 11.6 Å². The van der Waals surface area contributed by atoms with Crippen LogP contribution in [0.5, 0.6) is 0 Å². The van der Waals surface area contributed by atoms with Crippen molar-refractivity contribution in [1.29, 1.82) is 0 Å². The molecule has 1 fully saturated rings. The van der Waals surface area contributed by atoms with E-state index in [0.29, 0.717) is 13.1 Å². The SMILES string of the molecule is CN1Cc2ccccc2N(CC2CO2)C1=O. The third kappa shape index (κ3) is 1.55. The number of para-hydroxylation sites is 1. The normalized spacial score (nSPS) is 23.3. The molecular formula is C12H14N2O2. The minimum absolute atomic E-state index is 0.0641. The quantitative estimate of drug-likeness (QED) is 0.704. The molecule has 2 amide bonds. The zero-order chi connectivity index (χ0) is 11.1. The Bertz CT molecular complexity index is 429. The maximum Gasteiger partial charge on any atom is 0.324 e. The minimum Gasteiger partial charge on any atom is -0.371 e. The van der Waals surface area contributed by atoms with E-state index in [0.717, 1.165) is 12.3 Å². The highest BCUT2D eigenvalue weighted by Crippen LogP contribution is 2.29. The summed E-state index contributed by atoms with van der Waals surface area (Å²) in [4.78, 5) is 15.6. The number of nitrogens with zero attached hydrogens (tertiary/aromatic N) is 2. The molecule has 4 nitrogen and oxygen atoms in total. The van der Waals surface area contributed by atoms with Crippen LogP contribution in [0.25, 0.3) is 0 Å². The highest BCUT2D eigenvalue weighted by molar-refractivity contribution is 5.94. The Hall–Kier alpha value is -1.55. The molecule has 0 bridgehead atoms. The molecule has 0 aromatic heterocycles. The van der Waals surface area contributed by atoms with Crippen molar-refractivity contribution >= 4 is 11.7 Å². The monoisotopic (exact) mass is 218 g/mol. The molecule has 4 heteroatoms. The van der Waals surface area contributed by atoms with Gasteiger partial charge in [-0.2, -0.15) is 0 Å². The second-order valence-electron chi connectivity index (χ2n) is 4.33. The summed E-state index contributed by atoms with van der Waals surface area (Å²) >= 11 is 0. The van der Waals surface area contributed by atoms with Gasteiger partial charge in [-0.15, -0.1) is 0 Å². The number of amides is 2. The lowest BCUT2D eigenvalue weighted by molar-refractivity contribution is 0.209. The van der Waals surface area contributed by atoms with Crippen molar-refractivity contribution in [3.05, 3.63) is 29.8 Å². The molecule has 0 aliphatic carbocycles. The van der Waals surface area contributed by atoms with E-state index in [-0.39, 0.29) is 12.1 Å². The highest BCUT2D eigenvalue weighted by Gasteiger charge is 2.33. The van der Waals surface area contributed by atoms with E-state index in [4.69, 9.17) is 4.74 Å². The van der Waals surface area contributed by atoms with Crippen molar-refractivity contribution in [2.24, 2.45) is 0 Å². The number of fused-ring (bicyclic) bond motifs is 1. The van der Waals surface area contributed by atoms with E-state index in [1.165, 1.54) is 5.56 Å². The van der Waals surface area contributed by atoms with Crippen LogP contribution in [0.3, 0.4) is 0 Å². The summed E-state index contributed by atoms with van der Waals surface area (Å²) in [5.74, 6) is 0. The summed E-state index contributed by atoms with van der Waals surface area (Å²) in [6.07, 6.45) is 0.225. The first kappa shape index (κ1) is 9.66. The first-order chi connectivity index (χ1) is 7.75. The molecule has 1 saturated heterocycles. The van der Waals surface area contributed by atoms with Crippen LogP contribution in [0, 0.1) is 0 Å². The fourth-order valence-electron chi connectivity index (χ4n) is 2.09. The van der Waals surface area contributed by atoms with Crippen molar-refractivity contribution in [2.45, 2.75) is 12.6 Å². The van der Waals surface area contributed by atoms with Crippen LogP contribution in [0.1, 0.15) is 5.56 Å². The molecule has 0 N–H and O–H groups in total. The topological polar surface area (TPSA) is 36.1 Å². The third-order valence-electron chi connectivity index (χ3n) is 3.04. The van der Waals surface area contributed by atoms with Crippen LogP contribution in [-0.2, 0) is 11.3 Å². The number of urea groups is 1. The number of hydrogen-bond acceptors (Lipinski definition) is 2. The van der Waals surface area contributed by atoms with E-state index >= 15 is 0 Å². The molecule has 84 valence electrons. The molecule has 0 radical (unpaired) electrons. The largest absolute Gasteiger partial charge is 0.371 e. The summed E-state index contributed by atoms with van der Waals surface area (Å²) in [6, 6.07) is 8.11. The molecule has 3 rings (SSSR count). The van der Waals surface area contributed by atoms with Gasteiger partial charge in [0, 0.05) is 13.6 Å². The molecule has 1 unspecified atom stereocenters. The second-order valence-corrected chi connectivity index (χ2v) is 4.33. The van der Waals surface area contributed by atoms with Crippen LogP contribution in [0.4, 0.5) is 10.5 Å². The van der Waals surface area contributed by atoms with Gasteiger partial charge in [-0.25, -0.2) is 4.79 Å². The van der Waals surface area contributed by atoms with Gasteiger partial charge in [0.1, 0.15) is 0 Å². The molecule has 1 aromatic rings. The van der Waals surface area contributed by atoms with Crippen LogP contribution in [0.15, 0.2) is 24.3 Å². The van der Waals surface area contributed by atoms with Crippen LogP contribution < -0.4 is 4.90 Å². The smallest absolute Gasteiger partial charge is 0.324 e. The van der Waals surface area contributed by atoms with Crippen molar-refractivity contribution in [3.63, 3.8) is 0 Å². The second kappa shape index (κ2) is 3.49. The Balaban J connectivity index is 1.96. The summed E-state index contributed by atoms with van der Waals surface area (Å²) in [5, 5.41) is 0. The number of anilines is 1. The molecule has 1 aromatic carbocycles. The first-order valence-corrected chi connectivity index (χ1v) is 5.48. The fourth-order valence-corrected chi connectivity index (χ4v) is 2.09. The fraction of sp³-hybridized carbons (Fsp3) is 0.417. The van der Waals surface area contributed by atoms with Gasteiger partial charge >= 0.3 is 6.03 Å². The Morgan fingerprint density at radius 3 is 2.94 bits per heavy atom. The van der Waals surface area contributed by atoms with E-state index in [2.05, 4.69) is 6.07 Å². The number of ether oxygens (including phenoxy) is 1. The Morgan fingerprint density at radius 1 is 1.44 bits per heavy atom. The van der Waals surface area contributed by atoms with E-state index < -0.39 is 0 Å². The van der Waals surface area contributed by atoms with Gasteiger partial charge in [0.05, 0.1) is 24.9 Å². The maximum atomic E-state index is 12.0. The number of hydrogen-bond donors (Lipinski definition) is 0. The average Bonchev–Trinajstić information content (AvgIpc) is 3.08. The summed E-state index contributed by atoms with van der Waals surface area (Å²) < 4.78 is 5.20. The lowest BCUT2D eigenvalue weighted by Gasteiger charge is -2.34. The Morgan fingerprint density at radius 2 is 2.19 bits per heavy atom. The van der Waals surface area contributed by atoms with E-state index in [1.54, 1.807) is 4.90 Å². The summed E-state index contributed by atoms with van der Waals surface area (Å²) in [5.41, 5.74) is 2.23. The highest BCUT2D eigenvalue weighted by atomic mass is 16.6. The predicted molar refractivity (Wildman–Crippen MR) is 60.4 cm³/mol. The minimum atomic E-state index is 0.0641. The van der Waals surface area contributed by atoms with Gasteiger partial charge in [-0.3, -0.25) is 4.90 Å². The molecule has 2 aliphatic rings. The molecule has 2 aliphatic heterocycles. The lowest BCUT2D eigenvalue weighted by Crippen LogP contribution is -2.46. The molecule has 0 saturated carbocycles. The van der Waals surface area contributed by atoms with Gasteiger partial charge in [0.25, 0.3) is 0 Å². The van der Waals surface area contributed by atoms with E-state index in [9.17, 15) is 4.79 Å².